The Labute approximate surface area is 119 Å². The normalized spacial score (nSPS) is 11.0. The minimum absolute atomic E-state index is 0.0951. The summed E-state index contributed by atoms with van der Waals surface area (Å²) in [5, 5.41) is 5.12. The summed E-state index contributed by atoms with van der Waals surface area (Å²) < 4.78 is 1.64. The van der Waals surface area contributed by atoms with Crippen LogP contribution in [0.5, 0.6) is 0 Å². The van der Waals surface area contributed by atoms with Crippen LogP contribution in [0.2, 0.25) is 0 Å². The molecule has 0 spiro atoms. The van der Waals surface area contributed by atoms with Gasteiger partial charge in [0.15, 0.2) is 5.78 Å². The molecule has 0 aliphatic carbocycles. The highest BCUT2D eigenvalue weighted by atomic mass is 16.1. The number of pyridine rings is 1. The van der Waals surface area contributed by atoms with Crippen molar-refractivity contribution in [2.24, 2.45) is 0 Å². The highest BCUT2D eigenvalue weighted by Crippen LogP contribution is 2.21. The molecule has 0 amide bonds. The number of aromatic nitrogens is 4. The van der Waals surface area contributed by atoms with E-state index in [2.05, 4.69) is 15.1 Å². The van der Waals surface area contributed by atoms with Gasteiger partial charge >= 0.3 is 0 Å². The van der Waals surface area contributed by atoms with E-state index in [4.69, 9.17) is 0 Å². The number of fused-ring (bicyclic) bond motifs is 2. The SMILES string of the molecule is O=C(c1cccc2cccnc12)c1cnn2ccncc12. The maximum atomic E-state index is 12.8. The van der Waals surface area contributed by atoms with Crippen LogP contribution < -0.4 is 0 Å². The van der Waals surface area contributed by atoms with Crippen LogP contribution in [0.4, 0.5) is 0 Å². The van der Waals surface area contributed by atoms with Crippen LogP contribution >= 0.6 is 0 Å². The summed E-state index contributed by atoms with van der Waals surface area (Å²) in [6.07, 6.45) is 8.25. The molecule has 0 aliphatic heterocycles. The Balaban J connectivity index is 1.95. The average Bonchev–Trinajstić information content (AvgIpc) is 2.98. The number of hydrogen-bond acceptors (Lipinski definition) is 4. The van der Waals surface area contributed by atoms with Gasteiger partial charge in [-0.05, 0) is 12.1 Å². The third kappa shape index (κ3) is 1.79. The minimum Gasteiger partial charge on any atom is -0.288 e. The topological polar surface area (TPSA) is 60.2 Å². The van der Waals surface area contributed by atoms with Crippen molar-refractivity contribution in [1.82, 2.24) is 19.6 Å². The number of hydrogen-bond donors (Lipinski definition) is 0. The number of nitrogens with zero attached hydrogens (tertiary/aromatic N) is 4. The molecule has 4 aromatic rings. The Morgan fingerprint density at radius 3 is 2.86 bits per heavy atom. The summed E-state index contributed by atoms with van der Waals surface area (Å²) in [5.41, 5.74) is 2.50. The predicted molar refractivity (Wildman–Crippen MR) is 78.2 cm³/mol. The van der Waals surface area contributed by atoms with Crippen LogP contribution in [0, 0.1) is 0 Å². The van der Waals surface area contributed by atoms with Crippen LogP contribution in [0.1, 0.15) is 15.9 Å². The molecule has 5 heteroatoms. The van der Waals surface area contributed by atoms with Gasteiger partial charge in [-0.25, -0.2) is 4.52 Å². The zero-order valence-electron chi connectivity index (χ0n) is 11.0. The van der Waals surface area contributed by atoms with Crippen molar-refractivity contribution in [1.29, 1.82) is 0 Å². The molecule has 1 aromatic carbocycles. The lowest BCUT2D eigenvalue weighted by Gasteiger charge is -2.03. The molecule has 0 saturated carbocycles. The zero-order valence-corrected chi connectivity index (χ0v) is 11.0. The molecule has 3 heterocycles. The second-order valence-electron chi connectivity index (χ2n) is 4.67. The van der Waals surface area contributed by atoms with Gasteiger partial charge in [0.1, 0.15) is 0 Å². The molecule has 4 rings (SSSR count). The van der Waals surface area contributed by atoms with Crippen LogP contribution in [0.3, 0.4) is 0 Å². The first kappa shape index (κ1) is 11.7. The van der Waals surface area contributed by atoms with Crippen molar-refractivity contribution in [2.45, 2.75) is 0 Å². The van der Waals surface area contributed by atoms with Gasteiger partial charge in [0, 0.05) is 29.5 Å². The third-order valence-corrected chi connectivity index (χ3v) is 3.45. The molecule has 0 radical (unpaired) electrons. The maximum Gasteiger partial charge on any atom is 0.199 e. The van der Waals surface area contributed by atoms with Crippen molar-refractivity contribution < 1.29 is 4.79 Å². The Kier molecular flexibility index (Phi) is 2.50. The second-order valence-corrected chi connectivity index (χ2v) is 4.67. The molecule has 0 aliphatic rings. The van der Waals surface area contributed by atoms with Crippen molar-refractivity contribution in [2.75, 3.05) is 0 Å². The van der Waals surface area contributed by atoms with E-state index in [1.807, 2.05) is 24.3 Å². The van der Waals surface area contributed by atoms with Crippen molar-refractivity contribution in [3.8, 4) is 0 Å². The Bertz CT molecular complexity index is 969. The summed E-state index contributed by atoms with van der Waals surface area (Å²) >= 11 is 0. The number of ketones is 1. The molecule has 21 heavy (non-hydrogen) atoms. The van der Waals surface area contributed by atoms with Crippen LogP contribution in [0.25, 0.3) is 16.4 Å². The Morgan fingerprint density at radius 2 is 1.90 bits per heavy atom. The van der Waals surface area contributed by atoms with Gasteiger partial charge in [-0.2, -0.15) is 5.10 Å². The summed E-state index contributed by atoms with van der Waals surface area (Å²) in [5.74, 6) is -0.0951. The number of benzene rings is 1. The van der Waals surface area contributed by atoms with Gasteiger partial charge in [0.2, 0.25) is 0 Å². The molecule has 100 valence electrons. The molecule has 0 atom stereocenters. The number of rotatable bonds is 2. The molecule has 0 saturated heterocycles. The van der Waals surface area contributed by atoms with Crippen molar-refractivity contribution >= 4 is 22.2 Å². The fourth-order valence-electron chi connectivity index (χ4n) is 2.44. The number of para-hydroxylation sites is 1. The standard InChI is InChI=1S/C16H10N4O/c21-16(13-9-19-20-8-7-17-10-14(13)20)12-5-1-3-11-4-2-6-18-15(11)12/h1-10H. The first-order chi connectivity index (χ1) is 10.3. The van der Waals surface area contributed by atoms with Gasteiger partial charge in [-0.15, -0.1) is 0 Å². The summed E-state index contributed by atoms with van der Waals surface area (Å²) in [6.45, 7) is 0. The lowest BCUT2D eigenvalue weighted by molar-refractivity contribution is 0.104. The van der Waals surface area contributed by atoms with E-state index in [-0.39, 0.29) is 5.78 Å². The first-order valence-electron chi connectivity index (χ1n) is 6.50. The molecule has 3 aromatic heterocycles. The lowest BCUT2D eigenvalue weighted by Crippen LogP contribution is -2.03. The monoisotopic (exact) mass is 274 g/mol. The minimum atomic E-state index is -0.0951. The van der Waals surface area contributed by atoms with Crippen molar-refractivity contribution in [3.05, 3.63) is 72.4 Å². The zero-order chi connectivity index (χ0) is 14.2. The van der Waals surface area contributed by atoms with E-state index in [1.54, 1.807) is 41.6 Å². The summed E-state index contributed by atoms with van der Waals surface area (Å²) in [7, 11) is 0. The number of carbonyl (C=O) groups excluding carboxylic acids is 1. The number of carbonyl (C=O) groups is 1. The van der Waals surface area contributed by atoms with E-state index in [0.717, 1.165) is 5.39 Å². The smallest absolute Gasteiger partial charge is 0.199 e. The largest absolute Gasteiger partial charge is 0.288 e. The highest BCUT2D eigenvalue weighted by molar-refractivity contribution is 6.18. The van der Waals surface area contributed by atoms with Gasteiger partial charge in [-0.3, -0.25) is 14.8 Å². The van der Waals surface area contributed by atoms with E-state index >= 15 is 0 Å². The quantitative estimate of drug-likeness (QED) is 0.527. The van der Waals surface area contributed by atoms with Crippen LogP contribution in [0.15, 0.2) is 61.3 Å². The molecule has 0 N–H and O–H groups in total. The Morgan fingerprint density at radius 1 is 1.00 bits per heavy atom. The maximum absolute atomic E-state index is 12.8. The summed E-state index contributed by atoms with van der Waals surface area (Å²) in [6, 6.07) is 9.39. The lowest BCUT2D eigenvalue weighted by atomic mass is 10.0. The summed E-state index contributed by atoms with van der Waals surface area (Å²) in [4.78, 5) is 21.2. The van der Waals surface area contributed by atoms with Gasteiger partial charge in [0.05, 0.1) is 29.0 Å². The molecular formula is C16H10N4O. The van der Waals surface area contributed by atoms with E-state index in [0.29, 0.717) is 22.2 Å². The predicted octanol–water partition coefficient (Wildman–Crippen LogP) is 2.51. The van der Waals surface area contributed by atoms with E-state index in [1.165, 1.54) is 0 Å². The fourth-order valence-corrected chi connectivity index (χ4v) is 2.44. The van der Waals surface area contributed by atoms with Crippen LogP contribution in [-0.2, 0) is 0 Å². The highest BCUT2D eigenvalue weighted by Gasteiger charge is 2.17. The van der Waals surface area contributed by atoms with Gasteiger partial charge in [0.25, 0.3) is 0 Å². The van der Waals surface area contributed by atoms with E-state index in [9.17, 15) is 4.79 Å². The molecular weight excluding hydrogens is 264 g/mol. The van der Waals surface area contributed by atoms with Crippen LogP contribution in [-0.4, -0.2) is 25.4 Å². The molecule has 0 fully saturated rings. The van der Waals surface area contributed by atoms with Crippen molar-refractivity contribution in [3.63, 3.8) is 0 Å². The second kappa shape index (κ2) is 4.49. The molecule has 0 bridgehead atoms. The third-order valence-electron chi connectivity index (χ3n) is 3.45. The average molecular weight is 274 g/mol. The Hall–Kier alpha value is -3.08. The fraction of sp³-hybridized carbons (Fsp3) is 0. The van der Waals surface area contributed by atoms with Gasteiger partial charge in [-0.1, -0.05) is 18.2 Å². The van der Waals surface area contributed by atoms with E-state index < -0.39 is 0 Å². The first-order valence-corrected chi connectivity index (χ1v) is 6.50. The molecule has 5 nitrogen and oxygen atoms in total. The molecule has 0 unspecified atom stereocenters. The van der Waals surface area contributed by atoms with Gasteiger partial charge < -0.3 is 0 Å².